The van der Waals surface area contributed by atoms with E-state index in [1.807, 2.05) is 36.4 Å². The molecule has 0 amide bonds. The normalized spacial score (nSPS) is 10.5. The van der Waals surface area contributed by atoms with Crippen molar-refractivity contribution in [2.24, 2.45) is 0 Å². The molecular weight excluding hydrogens is 350 g/mol. The fraction of sp³-hybridized carbons (Fsp3) is 0.150. The van der Waals surface area contributed by atoms with Crippen molar-refractivity contribution >= 4 is 23.5 Å². The molecule has 0 atom stereocenters. The zero-order chi connectivity index (χ0) is 18.4. The van der Waals surface area contributed by atoms with E-state index >= 15 is 0 Å². The van der Waals surface area contributed by atoms with E-state index < -0.39 is 5.97 Å². The first-order valence-corrected chi connectivity index (χ1v) is 9.00. The monoisotopic (exact) mass is 367 g/mol. The standard InChI is InChI=1S/C20H17NO4S/c1-14(22)13-26-18-10-6-5-9-16(18)20(23)24-12-19-21-11-17(25-19)15-7-3-2-4-8-15/h2-11H,12-13H2,1H3. The van der Waals surface area contributed by atoms with Gasteiger partial charge in [-0.25, -0.2) is 9.78 Å². The van der Waals surface area contributed by atoms with Crippen molar-refractivity contribution in [2.75, 3.05) is 5.75 Å². The lowest BCUT2D eigenvalue weighted by Crippen LogP contribution is -2.07. The summed E-state index contributed by atoms with van der Waals surface area (Å²) in [6.07, 6.45) is 1.61. The van der Waals surface area contributed by atoms with Crippen LogP contribution in [0.4, 0.5) is 0 Å². The maximum absolute atomic E-state index is 12.4. The first-order chi connectivity index (χ1) is 12.6. The van der Waals surface area contributed by atoms with Crippen LogP contribution in [-0.2, 0) is 16.1 Å². The topological polar surface area (TPSA) is 69.4 Å². The number of thioether (sulfide) groups is 1. The lowest BCUT2D eigenvalue weighted by molar-refractivity contribution is -0.114. The number of carbonyl (C=O) groups is 2. The summed E-state index contributed by atoms with van der Waals surface area (Å²) in [5, 5.41) is 0. The summed E-state index contributed by atoms with van der Waals surface area (Å²) in [5.74, 6) is 0.826. The Labute approximate surface area is 155 Å². The van der Waals surface area contributed by atoms with Crippen LogP contribution in [0.5, 0.6) is 0 Å². The highest BCUT2D eigenvalue weighted by Gasteiger charge is 2.15. The van der Waals surface area contributed by atoms with E-state index in [9.17, 15) is 9.59 Å². The van der Waals surface area contributed by atoms with Gasteiger partial charge in [-0.05, 0) is 19.1 Å². The van der Waals surface area contributed by atoms with Crippen LogP contribution in [0.15, 0.2) is 70.1 Å². The molecule has 0 aliphatic rings. The van der Waals surface area contributed by atoms with Crippen molar-refractivity contribution in [1.29, 1.82) is 0 Å². The van der Waals surface area contributed by atoms with E-state index in [4.69, 9.17) is 9.15 Å². The minimum absolute atomic E-state index is 0.0476. The molecule has 0 fully saturated rings. The maximum Gasteiger partial charge on any atom is 0.339 e. The first-order valence-electron chi connectivity index (χ1n) is 8.02. The van der Waals surface area contributed by atoms with Crippen molar-refractivity contribution < 1.29 is 18.7 Å². The molecule has 0 radical (unpaired) electrons. The van der Waals surface area contributed by atoms with Crippen LogP contribution in [0.25, 0.3) is 11.3 Å². The van der Waals surface area contributed by atoms with Gasteiger partial charge in [0.15, 0.2) is 12.4 Å². The molecule has 0 aliphatic carbocycles. The fourth-order valence-electron chi connectivity index (χ4n) is 2.26. The van der Waals surface area contributed by atoms with Crippen LogP contribution < -0.4 is 0 Å². The van der Waals surface area contributed by atoms with Gasteiger partial charge in [0.05, 0.1) is 17.5 Å². The number of ether oxygens (including phenoxy) is 1. The van der Waals surface area contributed by atoms with E-state index in [1.165, 1.54) is 18.7 Å². The highest BCUT2D eigenvalue weighted by atomic mass is 32.2. The van der Waals surface area contributed by atoms with E-state index in [-0.39, 0.29) is 12.4 Å². The van der Waals surface area contributed by atoms with Gasteiger partial charge in [0.2, 0.25) is 5.89 Å². The van der Waals surface area contributed by atoms with Crippen LogP contribution in [0, 0.1) is 0 Å². The summed E-state index contributed by atoms with van der Waals surface area (Å²) in [5.41, 5.74) is 1.33. The van der Waals surface area contributed by atoms with Gasteiger partial charge < -0.3 is 9.15 Å². The Morgan fingerprint density at radius 1 is 1.08 bits per heavy atom. The minimum atomic E-state index is -0.476. The average Bonchev–Trinajstić information content (AvgIpc) is 3.14. The number of ketones is 1. The number of benzene rings is 2. The van der Waals surface area contributed by atoms with Gasteiger partial charge in [0.25, 0.3) is 0 Å². The third-order valence-electron chi connectivity index (χ3n) is 3.48. The predicted molar refractivity (Wildman–Crippen MR) is 98.9 cm³/mol. The van der Waals surface area contributed by atoms with Gasteiger partial charge in [-0.15, -0.1) is 11.8 Å². The highest BCUT2D eigenvalue weighted by molar-refractivity contribution is 8.00. The lowest BCUT2D eigenvalue weighted by Gasteiger charge is -2.07. The van der Waals surface area contributed by atoms with Crippen LogP contribution in [-0.4, -0.2) is 22.5 Å². The second kappa shape index (κ2) is 8.49. The predicted octanol–water partition coefficient (Wildman–Crippen LogP) is 4.38. The maximum atomic E-state index is 12.4. The zero-order valence-electron chi connectivity index (χ0n) is 14.2. The van der Waals surface area contributed by atoms with Crippen molar-refractivity contribution in [3.63, 3.8) is 0 Å². The van der Waals surface area contributed by atoms with Crippen molar-refractivity contribution in [2.45, 2.75) is 18.4 Å². The van der Waals surface area contributed by atoms with Gasteiger partial charge in [0.1, 0.15) is 5.78 Å². The Morgan fingerprint density at radius 3 is 2.58 bits per heavy atom. The molecule has 3 aromatic rings. The van der Waals surface area contributed by atoms with E-state index in [2.05, 4.69) is 4.98 Å². The zero-order valence-corrected chi connectivity index (χ0v) is 15.0. The quantitative estimate of drug-likeness (QED) is 0.456. The summed E-state index contributed by atoms with van der Waals surface area (Å²) in [7, 11) is 0. The van der Waals surface area contributed by atoms with Gasteiger partial charge in [-0.2, -0.15) is 0 Å². The largest absolute Gasteiger partial charge is 0.452 e. The number of aromatic nitrogens is 1. The van der Waals surface area contributed by atoms with E-state index in [1.54, 1.807) is 24.4 Å². The van der Waals surface area contributed by atoms with Crippen molar-refractivity contribution in [3.05, 3.63) is 72.2 Å². The number of nitrogens with zero attached hydrogens (tertiary/aromatic N) is 1. The summed E-state index contributed by atoms with van der Waals surface area (Å²) < 4.78 is 10.9. The number of rotatable bonds is 7. The first kappa shape index (κ1) is 17.9. The van der Waals surface area contributed by atoms with Gasteiger partial charge in [-0.3, -0.25) is 4.79 Å². The minimum Gasteiger partial charge on any atom is -0.452 e. The summed E-state index contributed by atoms with van der Waals surface area (Å²) >= 11 is 1.32. The van der Waals surface area contributed by atoms with Crippen LogP contribution in [0.1, 0.15) is 23.2 Å². The molecule has 1 aromatic heterocycles. The molecular formula is C20H17NO4S. The van der Waals surface area contributed by atoms with Crippen molar-refractivity contribution in [1.82, 2.24) is 4.98 Å². The number of carbonyl (C=O) groups excluding carboxylic acids is 2. The third kappa shape index (κ3) is 4.61. The molecule has 3 rings (SSSR count). The molecule has 6 heteroatoms. The van der Waals surface area contributed by atoms with Crippen LogP contribution >= 0.6 is 11.8 Å². The third-order valence-corrected chi connectivity index (χ3v) is 4.69. The van der Waals surface area contributed by atoms with E-state index in [0.29, 0.717) is 27.9 Å². The molecule has 0 saturated heterocycles. The molecule has 5 nitrogen and oxygen atoms in total. The Balaban J connectivity index is 1.65. The van der Waals surface area contributed by atoms with Crippen molar-refractivity contribution in [3.8, 4) is 11.3 Å². The lowest BCUT2D eigenvalue weighted by atomic mass is 10.2. The smallest absolute Gasteiger partial charge is 0.339 e. The van der Waals surface area contributed by atoms with Gasteiger partial charge >= 0.3 is 5.97 Å². The Kier molecular flexibility index (Phi) is 5.86. The van der Waals surface area contributed by atoms with Crippen LogP contribution in [0.3, 0.4) is 0 Å². The number of hydrogen-bond donors (Lipinski definition) is 0. The number of hydrogen-bond acceptors (Lipinski definition) is 6. The number of esters is 1. The Bertz CT molecular complexity index is 905. The average molecular weight is 367 g/mol. The summed E-state index contributed by atoms with van der Waals surface area (Å²) in [4.78, 5) is 28.4. The molecule has 0 aliphatic heterocycles. The molecule has 0 spiro atoms. The highest BCUT2D eigenvalue weighted by Crippen LogP contribution is 2.24. The molecule has 0 saturated carbocycles. The SMILES string of the molecule is CC(=O)CSc1ccccc1C(=O)OCc1ncc(-c2ccccc2)o1. The second-order valence-corrected chi connectivity index (χ2v) is 6.56. The van der Waals surface area contributed by atoms with E-state index in [0.717, 1.165) is 5.56 Å². The fourth-order valence-corrected chi connectivity index (χ4v) is 3.10. The Morgan fingerprint density at radius 2 is 1.81 bits per heavy atom. The summed E-state index contributed by atoms with van der Waals surface area (Å²) in [6, 6.07) is 16.6. The molecule has 2 aromatic carbocycles. The molecule has 1 heterocycles. The molecule has 132 valence electrons. The van der Waals surface area contributed by atoms with Gasteiger partial charge in [0, 0.05) is 10.5 Å². The second-order valence-electron chi connectivity index (χ2n) is 5.55. The molecule has 26 heavy (non-hydrogen) atoms. The number of Topliss-reactive ketones (excluding diaryl/α,β-unsaturated/α-hetero) is 1. The Hall–Kier alpha value is -2.86. The van der Waals surface area contributed by atoms with Crippen LogP contribution in [0.2, 0.25) is 0 Å². The molecule has 0 unspecified atom stereocenters. The number of oxazole rings is 1. The molecule has 0 bridgehead atoms. The van der Waals surface area contributed by atoms with Gasteiger partial charge in [-0.1, -0.05) is 42.5 Å². The summed E-state index contributed by atoms with van der Waals surface area (Å²) in [6.45, 7) is 1.46. The molecule has 0 N–H and O–H groups in total.